The third kappa shape index (κ3) is 2.75. The van der Waals surface area contributed by atoms with Gasteiger partial charge < -0.3 is 5.73 Å². The lowest BCUT2D eigenvalue weighted by atomic mass is 9.95. The van der Waals surface area contributed by atoms with Crippen molar-refractivity contribution in [3.63, 3.8) is 0 Å². The van der Waals surface area contributed by atoms with Gasteiger partial charge in [0.2, 0.25) is 0 Å². The minimum Gasteiger partial charge on any atom is -0.324 e. The number of fused-ring (bicyclic) bond motifs is 1. The number of hydrogen-bond donors (Lipinski definition) is 1. The molecule has 0 amide bonds. The Labute approximate surface area is 103 Å². The van der Waals surface area contributed by atoms with E-state index >= 15 is 0 Å². The standard InChI is InChI=1S/C16H19N/c1-12(2)10-11-16(17)15-9-5-7-13-6-3-4-8-14(13)15/h3-9,16H,1,10-11,17H2,2H3. The van der Waals surface area contributed by atoms with Crippen LogP contribution in [0.25, 0.3) is 10.8 Å². The molecule has 0 saturated carbocycles. The third-order valence-corrected chi connectivity index (χ3v) is 3.10. The quantitative estimate of drug-likeness (QED) is 0.775. The van der Waals surface area contributed by atoms with Crippen molar-refractivity contribution in [3.05, 3.63) is 60.2 Å². The Morgan fingerprint density at radius 3 is 2.65 bits per heavy atom. The van der Waals surface area contributed by atoms with Crippen LogP contribution in [0.2, 0.25) is 0 Å². The molecule has 0 spiro atoms. The zero-order chi connectivity index (χ0) is 12.3. The first kappa shape index (κ1) is 11.9. The summed E-state index contributed by atoms with van der Waals surface area (Å²) in [5, 5.41) is 2.53. The molecule has 88 valence electrons. The van der Waals surface area contributed by atoms with Crippen LogP contribution in [0, 0.1) is 0 Å². The Morgan fingerprint density at radius 1 is 1.18 bits per heavy atom. The van der Waals surface area contributed by atoms with Crippen molar-refractivity contribution in [2.45, 2.75) is 25.8 Å². The maximum atomic E-state index is 6.27. The third-order valence-electron chi connectivity index (χ3n) is 3.10. The smallest absolute Gasteiger partial charge is 0.0304 e. The summed E-state index contributed by atoms with van der Waals surface area (Å²) < 4.78 is 0. The lowest BCUT2D eigenvalue weighted by molar-refractivity contribution is 0.653. The summed E-state index contributed by atoms with van der Waals surface area (Å²) in [4.78, 5) is 0. The van der Waals surface area contributed by atoms with Gasteiger partial charge in [-0.1, -0.05) is 48.0 Å². The van der Waals surface area contributed by atoms with Gasteiger partial charge in [-0.15, -0.1) is 6.58 Å². The van der Waals surface area contributed by atoms with E-state index in [-0.39, 0.29) is 6.04 Å². The fraction of sp³-hybridized carbons (Fsp3) is 0.250. The van der Waals surface area contributed by atoms with E-state index in [0.717, 1.165) is 12.8 Å². The van der Waals surface area contributed by atoms with Crippen LogP contribution in [-0.4, -0.2) is 0 Å². The second kappa shape index (κ2) is 5.15. The highest BCUT2D eigenvalue weighted by atomic mass is 14.6. The molecule has 2 aromatic rings. The highest BCUT2D eigenvalue weighted by Crippen LogP contribution is 2.26. The number of benzene rings is 2. The highest BCUT2D eigenvalue weighted by molar-refractivity contribution is 5.86. The average molecular weight is 225 g/mol. The van der Waals surface area contributed by atoms with Gasteiger partial charge in [-0.3, -0.25) is 0 Å². The molecule has 0 saturated heterocycles. The van der Waals surface area contributed by atoms with Gasteiger partial charge in [0, 0.05) is 6.04 Å². The van der Waals surface area contributed by atoms with Gasteiger partial charge in [-0.2, -0.15) is 0 Å². The number of hydrogen-bond acceptors (Lipinski definition) is 1. The van der Waals surface area contributed by atoms with E-state index in [9.17, 15) is 0 Å². The van der Waals surface area contributed by atoms with Crippen molar-refractivity contribution in [1.82, 2.24) is 0 Å². The van der Waals surface area contributed by atoms with Gasteiger partial charge in [0.25, 0.3) is 0 Å². The summed E-state index contributed by atoms with van der Waals surface area (Å²) >= 11 is 0. The van der Waals surface area contributed by atoms with Crippen LogP contribution in [0.4, 0.5) is 0 Å². The van der Waals surface area contributed by atoms with Crippen molar-refractivity contribution in [2.24, 2.45) is 5.73 Å². The molecule has 0 bridgehead atoms. The van der Waals surface area contributed by atoms with Crippen LogP contribution in [-0.2, 0) is 0 Å². The van der Waals surface area contributed by atoms with E-state index in [1.165, 1.54) is 21.9 Å². The summed E-state index contributed by atoms with van der Waals surface area (Å²) in [5.74, 6) is 0. The summed E-state index contributed by atoms with van der Waals surface area (Å²) in [6, 6.07) is 14.8. The van der Waals surface area contributed by atoms with E-state index in [0.29, 0.717) is 0 Å². The molecule has 0 aliphatic rings. The number of nitrogens with two attached hydrogens (primary N) is 1. The maximum Gasteiger partial charge on any atom is 0.0304 e. The second-order valence-corrected chi connectivity index (χ2v) is 4.67. The molecule has 0 aliphatic carbocycles. The Hall–Kier alpha value is -1.60. The SMILES string of the molecule is C=C(C)CCC(N)c1cccc2ccccc12. The van der Waals surface area contributed by atoms with Gasteiger partial charge in [0.1, 0.15) is 0 Å². The minimum atomic E-state index is 0.0952. The summed E-state index contributed by atoms with van der Waals surface area (Å²) in [6.45, 7) is 5.98. The van der Waals surface area contributed by atoms with E-state index in [1.54, 1.807) is 0 Å². The summed E-state index contributed by atoms with van der Waals surface area (Å²) in [6.07, 6.45) is 1.95. The fourth-order valence-electron chi connectivity index (χ4n) is 2.13. The molecule has 2 rings (SSSR count). The zero-order valence-corrected chi connectivity index (χ0v) is 10.3. The number of allylic oxidation sites excluding steroid dienone is 1. The normalized spacial score (nSPS) is 12.6. The monoisotopic (exact) mass is 225 g/mol. The van der Waals surface area contributed by atoms with Gasteiger partial charge in [0.15, 0.2) is 0 Å². The van der Waals surface area contributed by atoms with Crippen molar-refractivity contribution in [2.75, 3.05) is 0 Å². The first-order valence-electron chi connectivity index (χ1n) is 6.06. The Balaban J connectivity index is 2.31. The summed E-state index contributed by atoms with van der Waals surface area (Å²) in [7, 11) is 0. The molecule has 0 aliphatic heterocycles. The fourth-order valence-corrected chi connectivity index (χ4v) is 2.13. The largest absolute Gasteiger partial charge is 0.324 e. The molecule has 1 nitrogen and oxygen atoms in total. The van der Waals surface area contributed by atoms with Gasteiger partial charge in [-0.05, 0) is 36.1 Å². The van der Waals surface area contributed by atoms with E-state index in [1.807, 2.05) is 0 Å². The minimum absolute atomic E-state index is 0.0952. The molecular weight excluding hydrogens is 206 g/mol. The van der Waals surface area contributed by atoms with Crippen LogP contribution >= 0.6 is 0 Å². The molecule has 0 heterocycles. The van der Waals surface area contributed by atoms with Crippen molar-refractivity contribution < 1.29 is 0 Å². The molecule has 17 heavy (non-hydrogen) atoms. The highest BCUT2D eigenvalue weighted by Gasteiger charge is 2.09. The van der Waals surface area contributed by atoms with E-state index < -0.39 is 0 Å². The molecule has 1 atom stereocenters. The molecule has 0 fully saturated rings. The lowest BCUT2D eigenvalue weighted by Gasteiger charge is -2.14. The molecule has 2 N–H and O–H groups in total. The maximum absolute atomic E-state index is 6.27. The molecule has 0 radical (unpaired) electrons. The van der Waals surface area contributed by atoms with Gasteiger partial charge in [0.05, 0.1) is 0 Å². The van der Waals surface area contributed by atoms with Crippen LogP contribution in [0.5, 0.6) is 0 Å². The average Bonchev–Trinajstić information content (AvgIpc) is 2.35. The molecule has 0 aromatic heterocycles. The van der Waals surface area contributed by atoms with Crippen LogP contribution in [0.15, 0.2) is 54.6 Å². The van der Waals surface area contributed by atoms with E-state index in [2.05, 4.69) is 56.0 Å². The van der Waals surface area contributed by atoms with Gasteiger partial charge >= 0.3 is 0 Å². The molecule has 2 aromatic carbocycles. The number of rotatable bonds is 4. The second-order valence-electron chi connectivity index (χ2n) is 4.67. The lowest BCUT2D eigenvalue weighted by Crippen LogP contribution is -2.10. The van der Waals surface area contributed by atoms with Crippen molar-refractivity contribution in [3.8, 4) is 0 Å². The summed E-state index contributed by atoms with van der Waals surface area (Å²) in [5.41, 5.74) is 8.70. The molecule has 1 unspecified atom stereocenters. The molecule has 1 heteroatoms. The van der Waals surface area contributed by atoms with E-state index in [4.69, 9.17) is 5.73 Å². The van der Waals surface area contributed by atoms with Crippen LogP contribution in [0.1, 0.15) is 31.4 Å². The first-order valence-corrected chi connectivity index (χ1v) is 6.06. The first-order chi connectivity index (χ1) is 8.18. The van der Waals surface area contributed by atoms with Crippen LogP contribution in [0.3, 0.4) is 0 Å². The Kier molecular flexibility index (Phi) is 3.60. The topological polar surface area (TPSA) is 26.0 Å². The van der Waals surface area contributed by atoms with Crippen LogP contribution < -0.4 is 5.73 Å². The predicted molar refractivity (Wildman–Crippen MR) is 74.9 cm³/mol. The Bertz CT molecular complexity index is 523. The van der Waals surface area contributed by atoms with Gasteiger partial charge in [-0.25, -0.2) is 0 Å². The molecular formula is C16H19N. The van der Waals surface area contributed by atoms with Crippen molar-refractivity contribution >= 4 is 10.8 Å². The Morgan fingerprint density at radius 2 is 1.88 bits per heavy atom. The van der Waals surface area contributed by atoms with Crippen molar-refractivity contribution in [1.29, 1.82) is 0 Å². The predicted octanol–water partition coefficient (Wildman–Crippen LogP) is 4.20. The zero-order valence-electron chi connectivity index (χ0n) is 10.3.